The molecule has 0 spiro atoms. The molecular formula is C6H14ClNO4. The van der Waals surface area contributed by atoms with E-state index in [1.54, 1.807) is 0 Å². The van der Waals surface area contributed by atoms with Crippen LogP contribution in [0.3, 0.4) is 0 Å². The smallest absolute Gasteiger partial charge is 0.109 e. The minimum Gasteiger partial charge on any atom is -0.395 e. The Morgan fingerprint density at radius 3 is 2.25 bits per heavy atom. The summed E-state index contributed by atoms with van der Waals surface area (Å²) in [5.41, 5.74) is 0. The standard InChI is InChI=1S/C6H13NO4.ClH/c8-2-3-5(10)6(11)4(9)1-7-3;/h3-11H,1-2H2;1H/t3-,4-,5+,6-;/m0./s1. The molecule has 0 aromatic heterocycles. The van der Waals surface area contributed by atoms with Crippen molar-refractivity contribution < 1.29 is 20.4 Å². The third kappa shape index (κ3) is 2.29. The Morgan fingerprint density at radius 1 is 1.17 bits per heavy atom. The maximum atomic E-state index is 9.18. The van der Waals surface area contributed by atoms with Gasteiger partial charge in [-0.1, -0.05) is 0 Å². The average molecular weight is 200 g/mol. The van der Waals surface area contributed by atoms with E-state index in [2.05, 4.69) is 5.32 Å². The van der Waals surface area contributed by atoms with Gasteiger partial charge in [0.05, 0.1) is 24.9 Å². The van der Waals surface area contributed by atoms with Crippen molar-refractivity contribution in [2.24, 2.45) is 0 Å². The molecule has 1 rings (SSSR count). The quantitative estimate of drug-likeness (QED) is 0.321. The number of aliphatic hydroxyl groups excluding tert-OH is 4. The van der Waals surface area contributed by atoms with E-state index >= 15 is 0 Å². The van der Waals surface area contributed by atoms with E-state index in [9.17, 15) is 5.11 Å². The maximum absolute atomic E-state index is 9.18. The van der Waals surface area contributed by atoms with E-state index in [1.807, 2.05) is 0 Å². The van der Waals surface area contributed by atoms with Gasteiger partial charge in [0, 0.05) is 6.54 Å². The van der Waals surface area contributed by atoms with Crippen molar-refractivity contribution in [3.05, 3.63) is 0 Å². The number of nitrogens with one attached hydrogen (secondary N) is 1. The molecule has 5 nitrogen and oxygen atoms in total. The highest BCUT2D eigenvalue weighted by Crippen LogP contribution is 2.09. The minimum atomic E-state index is -1.16. The first-order valence-electron chi connectivity index (χ1n) is 3.55. The molecule has 12 heavy (non-hydrogen) atoms. The number of hydrogen-bond acceptors (Lipinski definition) is 5. The van der Waals surface area contributed by atoms with E-state index in [0.717, 1.165) is 0 Å². The van der Waals surface area contributed by atoms with Gasteiger partial charge in [0.15, 0.2) is 0 Å². The molecule has 1 aliphatic heterocycles. The molecular weight excluding hydrogens is 186 g/mol. The summed E-state index contributed by atoms with van der Waals surface area (Å²) >= 11 is 0. The average Bonchev–Trinajstić information content (AvgIpc) is 2.01. The van der Waals surface area contributed by atoms with Crippen LogP contribution in [0.2, 0.25) is 0 Å². The normalized spacial score (nSPS) is 42.0. The van der Waals surface area contributed by atoms with Crippen molar-refractivity contribution in [3.8, 4) is 0 Å². The van der Waals surface area contributed by atoms with Crippen molar-refractivity contribution in [1.82, 2.24) is 5.32 Å². The van der Waals surface area contributed by atoms with E-state index in [1.165, 1.54) is 0 Å². The van der Waals surface area contributed by atoms with Crippen molar-refractivity contribution in [1.29, 1.82) is 0 Å². The van der Waals surface area contributed by atoms with Crippen molar-refractivity contribution in [3.63, 3.8) is 0 Å². The summed E-state index contributed by atoms with van der Waals surface area (Å²) in [6.07, 6.45) is -3.20. The predicted octanol–water partition coefficient (Wildman–Crippen LogP) is -2.54. The molecule has 4 atom stereocenters. The van der Waals surface area contributed by atoms with E-state index in [0.29, 0.717) is 0 Å². The van der Waals surface area contributed by atoms with E-state index in [4.69, 9.17) is 15.3 Å². The van der Waals surface area contributed by atoms with Crippen LogP contribution in [-0.2, 0) is 0 Å². The molecule has 0 aromatic rings. The van der Waals surface area contributed by atoms with Crippen LogP contribution in [0, 0.1) is 0 Å². The van der Waals surface area contributed by atoms with Gasteiger partial charge in [0.1, 0.15) is 6.10 Å². The summed E-state index contributed by atoms with van der Waals surface area (Å²) < 4.78 is 0. The monoisotopic (exact) mass is 199 g/mol. The lowest BCUT2D eigenvalue weighted by Crippen LogP contribution is -2.60. The van der Waals surface area contributed by atoms with Gasteiger partial charge in [-0.05, 0) is 0 Å². The molecule has 1 saturated heterocycles. The maximum Gasteiger partial charge on any atom is 0.109 e. The topological polar surface area (TPSA) is 93.0 Å². The lowest BCUT2D eigenvalue weighted by Gasteiger charge is -2.34. The molecule has 0 bridgehead atoms. The third-order valence-corrected chi connectivity index (χ3v) is 1.94. The Balaban J connectivity index is 0.00000121. The van der Waals surface area contributed by atoms with Crippen LogP contribution in [0.25, 0.3) is 0 Å². The molecule has 0 radical (unpaired) electrons. The highest BCUT2D eigenvalue weighted by atomic mass is 35.5. The van der Waals surface area contributed by atoms with Crippen molar-refractivity contribution in [2.75, 3.05) is 13.2 Å². The number of hydrogen-bond donors (Lipinski definition) is 5. The molecule has 0 aromatic carbocycles. The van der Waals surface area contributed by atoms with Gasteiger partial charge in [-0.3, -0.25) is 0 Å². The lowest BCUT2D eigenvalue weighted by atomic mass is 9.97. The summed E-state index contributed by atoms with van der Waals surface area (Å²) in [4.78, 5) is 0. The zero-order chi connectivity index (χ0) is 8.43. The van der Waals surface area contributed by atoms with Crippen LogP contribution in [0.4, 0.5) is 0 Å². The molecule has 1 aliphatic rings. The summed E-state index contributed by atoms with van der Waals surface area (Å²) in [6, 6.07) is -0.534. The van der Waals surface area contributed by atoms with Crippen molar-refractivity contribution >= 4 is 12.4 Å². The van der Waals surface area contributed by atoms with Gasteiger partial charge in [-0.15, -0.1) is 12.4 Å². The molecule has 0 aliphatic carbocycles. The van der Waals surface area contributed by atoms with Gasteiger partial charge in [-0.25, -0.2) is 0 Å². The fourth-order valence-electron chi connectivity index (χ4n) is 1.15. The zero-order valence-corrected chi connectivity index (χ0v) is 7.24. The first-order valence-corrected chi connectivity index (χ1v) is 3.55. The summed E-state index contributed by atoms with van der Waals surface area (Å²) in [7, 11) is 0. The first-order chi connectivity index (χ1) is 5.16. The van der Waals surface area contributed by atoms with Crippen LogP contribution in [0.5, 0.6) is 0 Å². The second-order valence-electron chi connectivity index (χ2n) is 2.75. The molecule has 1 fully saturated rings. The summed E-state index contributed by atoms with van der Waals surface area (Å²) in [5.74, 6) is 0. The van der Waals surface area contributed by atoms with Gasteiger partial charge in [-0.2, -0.15) is 0 Å². The molecule has 1 heterocycles. The second-order valence-corrected chi connectivity index (χ2v) is 2.75. The largest absolute Gasteiger partial charge is 0.395 e. The van der Waals surface area contributed by atoms with Crippen LogP contribution in [0.1, 0.15) is 0 Å². The Kier molecular flexibility index (Phi) is 5.00. The summed E-state index contributed by atoms with van der Waals surface area (Å²) in [5, 5.41) is 38.6. The second kappa shape index (κ2) is 4.96. The molecule has 5 N–H and O–H groups in total. The van der Waals surface area contributed by atoms with Gasteiger partial charge in [0.25, 0.3) is 0 Å². The number of piperidine rings is 1. The number of halogens is 1. The Labute approximate surface area is 76.4 Å². The zero-order valence-electron chi connectivity index (χ0n) is 6.42. The van der Waals surface area contributed by atoms with Gasteiger partial charge in [0.2, 0.25) is 0 Å². The van der Waals surface area contributed by atoms with Crippen LogP contribution < -0.4 is 5.32 Å². The number of aliphatic hydroxyl groups is 4. The molecule has 0 amide bonds. The Hall–Kier alpha value is 0.0900. The van der Waals surface area contributed by atoms with Gasteiger partial charge >= 0.3 is 0 Å². The number of rotatable bonds is 1. The van der Waals surface area contributed by atoms with Crippen LogP contribution in [-0.4, -0.2) is 57.9 Å². The number of β-amino-alcohol motifs (C(OH)–C–C–N with tert-alkyl or cyclic N) is 1. The van der Waals surface area contributed by atoms with Crippen molar-refractivity contribution in [2.45, 2.75) is 24.4 Å². The Morgan fingerprint density at radius 2 is 1.75 bits per heavy atom. The molecule has 6 heteroatoms. The van der Waals surface area contributed by atoms with E-state index < -0.39 is 24.4 Å². The molecule has 0 unspecified atom stereocenters. The highest BCUT2D eigenvalue weighted by Gasteiger charge is 2.35. The van der Waals surface area contributed by atoms with E-state index in [-0.39, 0.29) is 25.6 Å². The van der Waals surface area contributed by atoms with Crippen LogP contribution in [0.15, 0.2) is 0 Å². The third-order valence-electron chi connectivity index (χ3n) is 1.94. The molecule has 0 saturated carbocycles. The fraction of sp³-hybridized carbons (Fsp3) is 1.00. The highest BCUT2D eigenvalue weighted by molar-refractivity contribution is 5.85. The minimum absolute atomic E-state index is 0. The fourth-order valence-corrected chi connectivity index (χ4v) is 1.15. The SMILES string of the molecule is Cl.OC[C@@H]1NC[C@H](O)[C@H](O)[C@@H]1O. The van der Waals surface area contributed by atoms with Gasteiger partial charge < -0.3 is 25.7 Å². The van der Waals surface area contributed by atoms with Crippen LogP contribution >= 0.6 is 12.4 Å². The summed E-state index contributed by atoms with van der Waals surface area (Å²) in [6.45, 7) is -0.0472. The lowest BCUT2D eigenvalue weighted by molar-refractivity contribution is -0.101. The Bertz CT molecular complexity index is 135. The predicted molar refractivity (Wildman–Crippen MR) is 44.1 cm³/mol. The molecule has 74 valence electrons. The first kappa shape index (κ1) is 12.1.